The molecule has 0 aliphatic carbocycles. The molecular weight excluding hydrogens is 253 g/mol. The van der Waals surface area contributed by atoms with Crippen LogP contribution in [0, 0.1) is 12.7 Å². The molecule has 2 rings (SSSR count). The maximum atomic E-state index is 13.1. The third kappa shape index (κ3) is 2.95. The van der Waals surface area contributed by atoms with Crippen LogP contribution >= 0.6 is 0 Å². The Morgan fingerprint density at radius 1 is 1.50 bits per heavy atom. The first-order valence-corrected chi connectivity index (χ1v) is 6.80. The van der Waals surface area contributed by atoms with Crippen molar-refractivity contribution < 1.29 is 8.60 Å². The van der Waals surface area contributed by atoms with Crippen molar-refractivity contribution >= 4 is 16.5 Å². The van der Waals surface area contributed by atoms with E-state index in [1.165, 1.54) is 18.2 Å². The highest BCUT2D eigenvalue weighted by Gasteiger charge is 2.09. The molecule has 1 aromatic heterocycles. The molecule has 6 heteroatoms. The second kappa shape index (κ2) is 5.30. The second-order valence-corrected chi connectivity index (χ2v) is 5.55. The summed E-state index contributed by atoms with van der Waals surface area (Å²) in [6.07, 6.45) is 3.60. The fraction of sp³-hybridized carbons (Fsp3) is 0.250. The highest BCUT2D eigenvalue weighted by Crippen LogP contribution is 2.17. The monoisotopic (exact) mass is 267 g/mol. The molecule has 1 aromatic carbocycles. The fourth-order valence-electron chi connectivity index (χ4n) is 1.58. The van der Waals surface area contributed by atoms with Crippen LogP contribution in [-0.2, 0) is 17.3 Å². The number of rotatable bonds is 4. The number of aryl methyl sites for hydroxylation is 2. The minimum absolute atomic E-state index is 0.346. The lowest BCUT2D eigenvalue weighted by Gasteiger charge is -2.06. The molecule has 0 radical (unpaired) electrons. The van der Waals surface area contributed by atoms with Crippen molar-refractivity contribution in [2.45, 2.75) is 18.4 Å². The number of nitrogens with zero attached hydrogens (tertiary/aromatic N) is 2. The van der Waals surface area contributed by atoms with Gasteiger partial charge in [-0.05, 0) is 30.7 Å². The van der Waals surface area contributed by atoms with Crippen LogP contribution in [0.25, 0.3) is 0 Å². The summed E-state index contributed by atoms with van der Waals surface area (Å²) < 4.78 is 26.8. The Kier molecular flexibility index (Phi) is 3.76. The van der Waals surface area contributed by atoms with E-state index in [-0.39, 0.29) is 0 Å². The van der Waals surface area contributed by atoms with E-state index in [2.05, 4.69) is 5.10 Å². The molecule has 1 unspecified atom stereocenters. The summed E-state index contributed by atoms with van der Waals surface area (Å²) in [6.45, 7) is 2.45. The van der Waals surface area contributed by atoms with Crippen LogP contribution in [0.1, 0.15) is 5.56 Å². The summed E-state index contributed by atoms with van der Waals surface area (Å²) in [5.41, 5.74) is 7.08. The van der Waals surface area contributed by atoms with Crippen molar-refractivity contribution in [3.8, 4) is 0 Å². The normalized spacial score (nSPS) is 12.6. The molecule has 0 amide bonds. The first kappa shape index (κ1) is 12.8. The van der Waals surface area contributed by atoms with Gasteiger partial charge in [0.2, 0.25) is 0 Å². The van der Waals surface area contributed by atoms with Crippen LogP contribution in [0.3, 0.4) is 0 Å². The van der Waals surface area contributed by atoms with Gasteiger partial charge in [-0.25, -0.2) is 4.39 Å². The van der Waals surface area contributed by atoms with Gasteiger partial charge in [-0.1, -0.05) is 0 Å². The van der Waals surface area contributed by atoms with Crippen LogP contribution in [-0.4, -0.2) is 19.7 Å². The molecule has 0 spiro atoms. The van der Waals surface area contributed by atoms with Crippen molar-refractivity contribution in [3.05, 3.63) is 42.0 Å². The Balaban J connectivity index is 2.05. The van der Waals surface area contributed by atoms with Gasteiger partial charge in [-0.3, -0.25) is 8.89 Å². The van der Waals surface area contributed by atoms with Gasteiger partial charge in [-0.2, -0.15) is 5.10 Å². The van der Waals surface area contributed by atoms with E-state index in [4.69, 9.17) is 5.73 Å². The average Bonchev–Trinajstić information content (AvgIpc) is 2.75. The average molecular weight is 267 g/mol. The number of aromatic nitrogens is 2. The molecule has 2 aromatic rings. The number of hydrogen-bond donors (Lipinski definition) is 1. The molecule has 18 heavy (non-hydrogen) atoms. The highest BCUT2D eigenvalue weighted by molar-refractivity contribution is 7.85. The summed E-state index contributed by atoms with van der Waals surface area (Å²) in [7, 11) is -1.32. The number of halogens is 1. The van der Waals surface area contributed by atoms with Crippen LogP contribution in [0.5, 0.6) is 0 Å². The van der Waals surface area contributed by atoms with Crippen molar-refractivity contribution in [3.63, 3.8) is 0 Å². The van der Waals surface area contributed by atoms with Crippen molar-refractivity contribution in [1.82, 2.24) is 9.78 Å². The number of nitrogen functional groups attached to an aromatic ring is 1. The number of hydrogen-bond acceptors (Lipinski definition) is 3. The van der Waals surface area contributed by atoms with Crippen LogP contribution < -0.4 is 5.73 Å². The van der Waals surface area contributed by atoms with E-state index in [1.807, 2.05) is 13.1 Å². The van der Waals surface area contributed by atoms with Crippen LogP contribution in [0.4, 0.5) is 10.1 Å². The van der Waals surface area contributed by atoms with Gasteiger partial charge in [-0.15, -0.1) is 0 Å². The summed E-state index contributed by atoms with van der Waals surface area (Å²) >= 11 is 0. The Labute approximate surface area is 107 Å². The molecule has 96 valence electrons. The van der Waals surface area contributed by atoms with Crippen LogP contribution in [0.15, 0.2) is 35.5 Å². The van der Waals surface area contributed by atoms with Crippen LogP contribution in [0.2, 0.25) is 0 Å². The fourth-order valence-corrected chi connectivity index (χ4v) is 2.73. The highest BCUT2D eigenvalue weighted by atomic mass is 32.2. The van der Waals surface area contributed by atoms with E-state index in [0.717, 1.165) is 5.56 Å². The maximum Gasteiger partial charge on any atom is 0.124 e. The van der Waals surface area contributed by atoms with E-state index < -0.39 is 16.6 Å². The van der Waals surface area contributed by atoms with Crippen molar-refractivity contribution in [2.24, 2.45) is 0 Å². The minimum Gasteiger partial charge on any atom is -0.398 e. The van der Waals surface area contributed by atoms with Crippen molar-refractivity contribution in [1.29, 1.82) is 0 Å². The second-order valence-electron chi connectivity index (χ2n) is 4.01. The predicted molar refractivity (Wildman–Crippen MR) is 69.1 cm³/mol. The topological polar surface area (TPSA) is 60.9 Å². The lowest BCUT2D eigenvalue weighted by Crippen LogP contribution is -2.09. The molecule has 0 saturated heterocycles. The molecule has 0 aliphatic heterocycles. The van der Waals surface area contributed by atoms with Gasteiger partial charge >= 0.3 is 0 Å². The number of nitrogens with two attached hydrogens (primary N) is 1. The molecule has 0 saturated carbocycles. The predicted octanol–water partition coefficient (Wildman–Crippen LogP) is 1.72. The van der Waals surface area contributed by atoms with Gasteiger partial charge < -0.3 is 5.73 Å². The van der Waals surface area contributed by atoms with Gasteiger partial charge in [0.1, 0.15) is 5.82 Å². The lowest BCUT2D eigenvalue weighted by atomic mass is 10.3. The van der Waals surface area contributed by atoms with E-state index >= 15 is 0 Å². The molecule has 0 fully saturated rings. The summed E-state index contributed by atoms with van der Waals surface area (Å²) in [4.78, 5) is 0.346. The maximum absolute atomic E-state index is 13.1. The molecule has 1 atom stereocenters. The Hall–Kier alpha value is -1.69. The largest absolute Gasteiger partial charge is 0.398 e. The molecular formula is C12H14FN3OS. The van der Waals surface area contributed by atoms with E-state index in [1.54, 1.807) is 10.9 Å². The zero-order valence-electron chi connectivity index (χ0n) is 9.97. The third-order valence-corrected chi connectivity index (χ3v) is 3.89. The zero-order valence-corrected chi connectivity index (χ0v) is 10.8. The molecule has 4 nitrogen and oxygen atoms in total. The number of anilines is 1. The zero-order chi connectivity index (χ0) is 13.1. The standard InChI is InChI=1S/C12H14FN3OS/c1-9-7-15-16(8-9)4-5-18(17)12-6-10(13)2-3-11(12)14/h2-3,6-8H,4-5,14H2,1H3. The SMILES string of the molecule is Cc1cnn(CCS(=O)c2cc(F)ccc2N)c1. The van der Waals surface area contributed by atoms with E-state index in [0.29, 0.717) is 22.9 Å². The van der Waals surface area contributed by atoms with Gasteiger partial charge in [0, 0.05) is 17.6 Å². The summed E-state index contributed by atoms with van der Waals surface area (Å²) in [5, 5.41) is 4.10. The van der Waals surface area contributed by atoms with Gasteiger partial charge in [0.25, 0.3) is 0 Å². The van der Waals surface area contributed by atoms with Gasteiger partial charge in [0.15, 0.2) is 0 Å². The van der Waals surface area contributed by atoms with Gasteiger partial charge in [0.05, 0.1) is 28.4 Å². The summed E-state index contributed by atoms with van der Waals surface area (Å²) in [5.74, 6) is -0.0723. The third-order valence-electron chi connectivity index (χ3n) is 2.49. The van der Waals surface area contributed by atoms with E-state index in [9.17, 15) is 8.60 Å². The number of benzene rings is 1. The lowest BCUT2D eigenvalue weighted by molar-refractivity contribution is 0.621. The first-order valence-electron chi connectivity index (χ1n) is 5.49. The minimum atomic E-state index is -1.32. The Morgan fingerprint density at radius 2 is 2.28 bits per heavy atom. The smallest absolute Gasteiger partial charge is 0.124 e. The quantitative estimate of drug-likeness (QED) is 0.858. The Bertz CT molecular complexity index is 582. The Morgan fingerprint density at radius 3 is 2.94 bits per heavy atom. The molecule has 0 aliphatic rings. The molecule has 1 heterocycles. The first-order chi connectivity index (χ1) is 8.56. The van der Waals surface area contributed by atoms with Crippen molar-refractivity contribution in [2.75, 3.05) is 11.5 Å². The molecule has 0 bridgehead atoms. The molecule has 2 N–H and O–H groups in total. The summed E-state index contributed by atoms with van der Waals surface area (Å²) in [6, 6.07) is 3.91.